The number of aromatic nitrogens is 7. The fourth-order valence-electron chi connectivity index (χ4n) is 7.13. The average molecular weight is 688 g/mol. The fourth-order valence-corrected chi connectivity index (χ4v) is 7.13. The Labute approximate surface area is 303 Å². The van der Waals surface area contributed by atoms with Crippen LogP contribution in [0.3, 0.4) is 0 Å². The molecule has 0 saturated heterocycles. The second kappa shape index (κ2) is 12.4. The molecule has 5 heterocycles. The van der Waals surface area contributed by atoms with Crippen molar-refractivity contribution in [3.05, 3.63) is 164 Å². The standard InChI is InChI=1S/C44H29N7O2/c1-28-40(52-30-16-18-34-32-10-2-4-12-36(32)50(38(34)26-30)42-14-6-8-20-45-42)24-29(44-47-22-23-48-49-44)25-41(28)53-31-17-19-35-33-11-3-5-13-37(33)51(39(35)27-31)43-15-7-9-21-46-43/h2-27H,1H3. The topological polar surface area (TPSA) is 92.8 Å². The highest BCUT2D eigenvalue weighted by atomic mass is 16.5. The molecule has 0 amide bonds. The van der Waals surface area contributed by atoms with E-state index < -0.39 is 0 Å². The first-order valence-corrected chi connectivity index (χ1v) is 17.2. The fraction of sp³-hybridized carbons (Fsp3) is 0.0227. The molecule has 0 atom stereocenters. The van der Waals surface area contributed by atoms with Crippen LogP contribution in [-0.4, -0.2) is 34.3 Å². The average Bonchev–Trinajstić information content (AvgIpc) is 3.72. The van der Waals surface area contributed by atoms with Gasteiger partial charge in [0.25, 0.3) is 0 Å². The quantitative estimate of drug-likeness (QED) is 0.165. The van der Waals surface area contributed by atoms with Crippen molar-refractivity contribution in [2.75, 3.05) is 0 Å². The van der Waals surface area contributed by atoms with Gasteiger partial charge in [-0.2, -0.15) is 5.10 Å². The van der Waals surface area contributed by atoms with Gasteiger partial charge in [0.1, 0.15) is 34.6 Å². The van der Waals surface area contributed by atoms with E-state index in [4.69, 9.17) is 9.47 Å². The van der Waals surface area contributed by atoms with Crippen molar-refractivity contribution in [3.63, 3.8) is 0 Å². The molecule has 9 heteroatoms. The largest absolute Gasteiger partial charge is 0.457 e. The van der Waals surface area contributed by atoms with Gasteiger partial charge in [0, 0.05) is 63.4 Å². The highest BCUT2D eigenvalue weighted by molar-refractivity contribution is 6.10. The number of nitrogens with zero attached hydrogens (tertiary/aromatic N) is 7. The van der Waals surface area contributed by atoms with Crippen LogP contribution in [0.4, 0.5) is 0 Å². The summed E-state index contributed by atoms with van der Waals surface area (Å²) in [5.74, 6) is 4.66. The Bertz CT molecular complexity index is 2780. The zero-order valence-corrected chi connectivity index (χ0v) is 28.5. The molecule has 10 aromatic rings. The summed E-state index contributed by atoms with van der Waals surface area (Å²) < 4.78 is 17.8. The van der Waals surface area contributed by atoms with Crippen LogP contribution in [0.5, 0.6) is 23.0 Å². The molecule has 53 heavy (non-hydrogen) atoms. The van der Waals surface area contributed by atoms with Crippen molar-refractivity contribution in [2.45, 2.75) is 6.92 Å². The van der Waals surface area contributed by atoms with Gasteiger partial charge in [0.15, 0.2) is 5.82 Å². The van der Waals surface area contributed by atoms with E-state index in [1.54, 1.807) is 12.4 Å². The first-order chi connectivity index (χ1) is 26.2. The molecule has 0 aliphatic heterocycles. The van der Waals surface area contributed by atoms with E-state index in [1.807, 2.05) is 92.1 Å². The molecular formula is C44H29N7O2. The van der Waals surface area contributed by atoms with Crippen molar-refractivity contribution >= 4 is 43.6 Å². The maximum Gasteiger partial charge on any atom is 0.181 e. The second-order valence-corrected chi connectivity index (χ2v) is 12.7. The molecule has 0 bridgehead atoms. The molecule has 0 N–H and O–H groups in total. The number of pyridine rings is 2. The summed E-state index contributed by atoms with van der Waals surface area (Å²) in [5.41, 5.74) is 5.63. The SMILES string of the molecule is Cc1c(Oc2ccc3c4ccccc4n(-c4ccccn4)c3c2)cc(-c2nccnn2)cc1Oc1ccc2c3ccccc3n(-c3ccccn3)c2c1. The lowest BCUT2D eigenvalue weighted by Crippen LogP contribution is -1.98. The van der Waals surface area contributed by atoms with Crippen LogP contribution < -0.4 is 9.47 Å². The number of hydrogen-bond donors (Lipinski definition) is 0. The Morgan fingerprint density at radius 3 is 1.45 bits per heavy atom. The number of ether oxygens (including phenoxy) is 2. The van der Waals surface area contributed by atoms with Gasteiger partial charge in [0.2, 0.25) is 0 Å². The van der Waals surface area contributed by atoms with Gasteiger partial charge in [-0.15, -0.1) is 5.10 Å². The van der Waals surface area contributed by atoms with E-state index in [0.29, 0.717) is 34.4 Å². The lowest BCUT2D eigenvalue weighted by molar-refractivity contribution is 0.454. The van der Waals surface area contributed by atoms with Gasteiger partial charge in [-0.3, -0.25) is 9.13 Å². The zero-order chi connectivity index (χ0) is 35.3. The third-order valence-corrected chi connectivity index (χ3v) is 9.56. The van der Waals surface area contributed by atoms with Gasteiger partial charge in [-0.1, -0.05) is 48.5 Å². The van der Waals surface area contributed by atoms with Crippen LogP contribution in [0.25, 0.3) is 66.6 Å². The molecule has 0 aliphatic rings. The molecule has 5 aromatic carbocycles. The Hall–Kier alpha value is -7.39. The number of benzene rings is 5. The molecular weight excluding hydrogens is 659 g/mol. The Morgan fingerprint density at radius 2 is 0.962 bits per heavy atom. The van der Waals surface area contributed by atoms with Crippen LogP contribution in [0.2, 0.25) is 0 Å². The van der Waals surface area contributed by atoms with Crippen molar-refractivity contribution in [1.29, 1.82) is 0 Å². The summed E-state index contributed by atoms with van der Waals surface area (Å²) >= 11 is 0. The van der Waals surface area contributed by atoms with E-state index in [0.717, 1.165) is 60.8 Å². The van der Waals surface area contributed by atoms with Crippen LogP contribution in [0.15, 0.2) is 158 Å². The number of hydrogen-bond acceptors (Lipinski definition) is 7. The van der Waals surface area contributed by atoms with Crippen LogP contribution in [0.1, 0.15) is 5.56 Å². The molecule has 9 nitrogen and oxygen atoms in total. The molecule has 0 radical (unpaired) electrons. The lowest BCUT2D eigenvalue weighted by Gasteiger charge is -2.16. The van der Waals surface area contributed by atoms with Crippen LogP contribution in [0, 0.1) is 6.92 Å². The summed E-state index contributed by atoms with van der Waals surface area (Å²) in [4.78, 5) is 13.9. The maximum absolute atomic E-state index is 6.73. The monoisotopic (exact) mass is 687 g/mol. The van der Waals surface area contributed by atoms with Gasteiger partial charge >= 0.3 is 0 Å². The van der Waals surface area contributed by atoms with Gasteiger partial charge in [0.05, 0.1) is 28.3 Å². The molecule has 5 aromatic heterocycles. The summed E-state index contributed by atoms with van der Waals surface area (Å²) in [6.07, 6.45) is 6.79. The highest BCUT2D eigenvalue weighted by Gasteiger charge is 2.19. The second-order valence-electron chi connectivity index (χ2n) is 12.7. The van der Waals surface area contributed by atoms with Crippen molar-refractivity contribution in [3.8, 4) is 46.0 Å². The third-order valence-electron chi connectivity index (χ3n) is 9.56. The van der Waals surface area contributed by atoms with Gasteiger partial charge in [-0.05, 0) is 79.7 Å². The minimum atomic E-state index is 0.457. The number of para-hydroxylation sites is 2. The summed E-state index contributed by atoms with van der Waals surface area (Å²) in [6.45, 7) is 1.99. The number of fused-ring (bicyclic) bond motifs is 6. The summed E-state index contributed by atoms with van der Waals surface area (Å²) in [7, 11) is 0. The first kappa shape index (κ1) is 30.4. The molecule has 10 rings (SSSR count). The van der Waals surface area contributed by atoms with Crippen molar-refractivity contribution in [1.82, 2.24) is 34.3 Å². The Morgan fingerprint density at radius 1 is 0.453 bits per heavy atom. The summed E-state index contributed by atoms with van der Waals surface area (Å²) in [5, 5.41) is 12.9. The van der Waals surface area contributed by atoms with Gasteiger partial charge in [-0.25, -0.2) is 15.0 Å². The molecule has 0 aliphatic carbocycles. The predicted molar refractivity (Wildman–Crippen MR) is 207 cm³/mol. The van der Waals surface area contributed by atoms with E-state index in [-0.39, 0.29) is 0 Å². The molecule has 0 saturated carbocycles. The molecule has 0 spiro atoms. The lowest BCUT2D eigenvalue weighted by atomic mass is 10.1. The normalized spacial score (nSPS) is 11.5. The summed E-state index contributed by atoms with van der Waals surface area (Å²) in [6, 6.07) is 44.7. The smallest absolute Gasteiger partial charge is 0.181 e. The van der Waals surface area contributed by atoms with Crippen molar-refractivity contribution < 1.29 is 9.47 Å². The minimum Gasteiger partial charge on any atom is -0.457 e. The van der Waals surface area contributed by atoms with E-state index >= 15 is 0 Å². The van der Waals surface area contributed by atoms with Crippen LogP contribution in [-0.2, 0) is 0 Å². The highest BCUT2D eigenvalue weighted by Crippen LogP contribution is 2.41. The van der Waals surface area contributed by atoms with Crippen molar-refractivity contribution in [2.24, 2.45) is 0 Å². The Balaban J connectivity index is 1.09. The number of rotatable bonds is 7. The molecule has 252 valence electrons. The van der Waals surface area contributed by atoms with E-state index in [1.165, 1.54) is 0 Å². The zero-order valence-electron chi connectivity index (χ0n) is 28.5. The maximum atomic E-state index is 6.73. The van der Waals surface area contributed by atoms with Crippen LogP contribution >= 0.6 is 0 Å². The van der Waals surface area contributed by atoms with Gasteiger partial charge < -0.3 is 9.47 Å². The molecule has 0 unspecified atom stereocenters. The van der Waals surface area contributed by atoms with E-state index in [2.05, 4.69) is 94.9 Å². The minimum absolute atomic E-state index is 0.457. The Kier molecular flexibility index (Phi) is 7.14. The third kappa shape index (κ3) is 5.22. The molecule has 0 fully saturated rings. The predicted octanol–water partition coefficient (Wildman–Crippen LogP) is 10.4. The first-order valence-electron chi connectivity index (χ1n) is 17.2. The van der Waals surface area contributed by atoms with E-state index in [9.17, 15) is 0 Å².